The number of rotatable bonds is 2. The maximum Gasteiger partial charge on any atom is 0.335 e. The second-order valence-corrected chi connectivity index (χ2v) is 3.48. The van der Waals surface area contributed by atoms with Crippen LogP contribution < -0.4 is 0 Å². The highest BCUT2D eigenvalue weighted by Gasteiger charge is 2.12. The van der Waals surface area contributed by atoms with Crippen LogP contribution in [0.3, 0.4) is 0 Å². The minimum atomic E-state index is -0.991. The Morgan fingerprint density at radius 3 is 2.88 bits per heavy atom. The molecule has 1 N–H and O–H groups in total. The summed E-state index contributed by atoms with van der Waals surface area (Å²) in [5.41, 5.74) is 1.20. The Kier molecular flexibility index (Phi) is 1.98. The Labute approximate surface area is 95.3 Å². The van der Waals surface area contributed by atoms with E-state index in [1.54, 1.807) is 18.2 Å². The molecule has 0 saturated heterocycles. The molecule has 0 aliphatic rings. The molecule has 5 nitrogen and oxygen atoms in total. The van der Waals surface area contributed by atoms with Gasteiger partial charge in [0.2, 0.25) is 0 Å². The van der Waals surface area contributed by atoms with Gasteiger partial charge in [0, 0.05) is 0 Å². The molecule has 84 valence electrons. The van der Waals surface area contributed by atoms with Gasteiger partial charge in [-0.15, -0.1) is 0 Å². The zero-order chi connectivity index (χ0) is 11.8. The first-order valence-electron chi connectivity index (χ1n) is 4.92. The summed E-state index contributed by atoms with van der Waals surface area (Å²) in [5.74, 6) is -0.139. The van der Waals surface area contributed by atoms with E-state index in [1.165, 1.54) is 18.4 Å². The lowest BCUT2D eigenvalue weighted by Gasteiger charge is -1.91. The summed E-state index contributed by atoms with van der Waals surface area (Å²) in [6.07, 6.45) is 1.52. The Hall–Kier alpha value is -2.56. The SMILES string of the molecule is O=C(O)c1ccc2oc(-c3ccco3)nc2c1. The third-order valence-corrected chi connectivity index (χ3v) is 2.37. The maximum atomic E-state index is 10.8. The lowest BCUT2D eigenvalue weighted by molar-refractivity contribution is 0.0697. The van der Waals surface area contributed by atoms with Crippen molar-refractivity contribution in [1.82, 2.24) is 4.98 Å². The Balaban J connectivity index is 2.16. The molecule has 0 bridgehead atoms. The first kappa shape index (κ1) is 9.65. The van der Waals surface area contributed by atoms with Gasteiger partial charge in [0.25, 0.3) is 5.89 Å². The van der Waals surface area contributed by atoms with E-state index in [9.17, 15) is 4.79 Å². The van der Waals surface area contributed by atoms with Crippen molar-refractivity contribution < 1.29 is 18.7 Å². The highest BCUT2D eigenvalue weighted by Crippen LogP contribution is 2.25. The highest BCUT2D eigenvalue weighted by molar-refractivity contribution is 5.92. The third kappa shape index (κ3) is 1.57. The van der Waals surface area contributed by atoms with Crippen LogP contribution in [0.4, 0.5) is 0 Å². The predicted octanol–water partition coefficient (Wildman–Crippen LogP) is 2.79. The number of fused-ring (bicyclic) bond motifs is 1. The van der Waals surface area contributed by atoms with Crippen LogP contribution in [0.25, 0.3) is 22.8 Å². The largest absolute Gasteiger partial charge is 0.478 e. The molecule has 17 heavy (non-hydrogen) atoms. The number of benzene rings is 1. The zero-order valence-electron chi connectivity index (χ0n) is 8.58. The summed E-state index contributed by atoms with van der Waals surface area (Å²) in [6.45, 7) is 0. The molecule has 0 atom stereocenters. The fraction of sp³-hybridized carbons (Fsp3) is 0. The monoisotopic (exact) mass is 229 g/mol. The van der Waals surface area contributed by atoms with Crippen molar-refractivity contribution >= 4 is 17.1 Å². The van der Waals surface area contributed by atoms with Gasteiger partial charge >= 0.3 is 5.97 Å². The summed E-state index contributed by atoms with van der Waals surface area (Å²) in [5, 5.41) is 8.86. The van der Waals surface area contributed by atoms with Crippen LogP contribution in [0.2, 0.25) is 0 Å². The van der Waals surface area contributed by atoms with Crippen LogP contribution in [0.5, 0.6) is 0 Å². The van der Waals surface area contributed by atoms with E-state index in [-0.39, 0.29) is 5.56 Å². The van der Waals surface area contributed by atoms with Gasteiger partial charge in [0.1, 0.15) is 5.52 Å². The number of carbonyl (C=O) groups is 1. The van der Waals surface area contributed by atoms with E-state index in [0.29, 0.717) is 22.8 Å². The number of hydrogen-bond acceptors (Lipinski definition) is 4. The van der Waals surface area contributed by atoms with E-state index < -0.39 is 5.97 Å². The first-order chi connectivity index (χ1) is 8.24. The van der Waals surface area contributed by atoms with E-state index in [4.69, 9.17) is 13.9 Å². The first-order valence-corrected chi connectivity index (χ1v) is 4.92. The molecular formula is C12H7NO4. The molecule has 3 aromatic rings. The molecule has 1 aromatic carbocycles. The molecule has 0 saturated carbocycles. The van der Waals surface area contributed by atoms with Gasteiger partial charge in [-0.25, -0.2) is 9.78 Å². The van der Waals surface area contributed by atoms with Crippen molar-refractivity contribution in [2.24, 2.45) is 0 Å². The lowest BCUT2D eigenvalue weighted by atomic mass is 10.2. The Bertz CT molecular complexity index is 682. The molecule has 0 aliphatic carbocycles. The topological polar surface area (TPSA) is 76.5 Å². The van der Waals surface area contributed by atoms with Gasteiger partial charge in [0.05, 0.1) is 11.8 Å². The van der Waals surface area contributed by atoms with Crippen LogP contribution in [0.15, 0.2) is 45.4 Å². The molecule has 5 heteroatoms. The van der Waals surface area contributed by atoms with E-state index in [2.05, 4.69) is 4.98 Å². The molecule has 2 aromatic heterocycles. The summed E-state index contributed by atoms with van der Waals surface area (Å²) >= 11 is 0. The lowest BCUT2D eigenvalue weighted by Crippen LogP contribution is -1.94. The maximum absolute atomic E-state index is 10.8. The van der Waals surface area contributed by atoms with Crippen molar-refractivity contribution in [1.29, 1.82) is 0 Å². The minimum absolute atomic E-state index is 0.178. The number of furan rings is 1. The Morgan fingerprint density at radius 2 is 2.18 bits per heavy atom. The molecule has 0 fully saturated rings. The third-order valence-electron chi connectivity index (χ3n) is 2.37. The van der Waals surface area contributed by atoms with Crippen molar-refractivity contribution in [3.05, 3.63) is 42.2 Å². The number of carboxylic acids is 1. The fourth-order valence-corrected chi connectivity index (χ4v) is 1.57. The van der Waals surface area contributed by atoms with E-state index >= 15 is 0 Å². The van der Waals surface area contributed by atoms with E-state index in [0.717, 1.165) is 0 Å². The zero-order valence-corrected chi connectivity index (χ0v) is 8.58. The highest BCUT2D eigenvalue weighted by atomic mass is 16.4. The van der Waals surface area contributed by atoms with Gasteiger partial charge < -0.3 is 13.9 Å². The van der Waals surface area contributed by atoms with Gasteiger partial charge in [-0.05, 0) is 30.3 Å². The van der Waals surface area contributed by atoms with Crippen LogP contribution >= 0.6 is 0 Å². The molecule has 0 aliphatic heterocycles. The second-order valence-electron chi connectivity index (χ2n) is 3.48. The average Bonchev–Trinajstić information content (AvgIpc) is 2.96. The average molecular weight is 229 g/mol. The molecule has 2 heterocycles. The normalized spacial score (nSPS) is 10.8. The number of carboxylic acid groups (broad SMARTS) is 1. The minimum Gasteiger partial charge on any atom is -0.478 e. The predicted molar refractivity (Wildman–Crippen MR) is 58.7 cm³/mol. The second kappa shape index (κ2) is 3.48. The number of nitrogens with zero attached hydrogens (tertiary/aromatic N) is 1. The van der Waals surface area contributed by atoms with Crippen molar-refractivity contribution in [3.63, 3.8) is 0 Å². The quantitative estimate of drug-likeness (QED) is 0.731. The van der Waals surface area contributed by atoms with Crippen molar-refractivity contribution in [2.45, 2.75) is 0 Å². The molecule has 0 unspecified atom stereocenters. The van der Waals surface area contributed by atoms with Crippen LogP contribution in [-0.4, -0.2) is 16.1 Å². The summed E-state index contributed by atoms with van der Waals surface area (Å²) in [4.78, 5) is 15.0. The molecular weight excluding hydrogens is 222 g/mol. The van der Waals surface area contributed by atoms with E-state index in [1.807, 2.05) is 0 Å². The number of oxazole rings is 1. The standard InChI is InChI=1S/C12H7NO4/c14-12(15)7-3-4-9-8(6-7)13-11(17-9)10-2-1-5-16-10/h1-6H,(H,14,15). The van der Waals surface area contributed by atoms with Crippen LogP contribution in [-0.2, 0) is 0 Å². The summed E-state index contributed by atoms with van der Waals surface area (Å²) in [7, 11) is 0. The van der Waals surface area contributed by atoms with Crippen LogP contribution in [0.1, 0.15) is 10.4 Å². The molecule has 0 radical (unpaired) electrons. The van der Waals surface area contributed by atoms with Crippen molar-refractivity contribution in [3.8, 4) is 11.7 Å². The Morgan fingerprint density at radius 1 is 1.29 bits per heavy atom. The smallest absolute Gasteiger partial charge is 0.335 e. The summed E-state index contributed by atoms with van der Waals surface area (Å²) in [6, 6.07) is 7.98. The fourth-order valence-electron chi connectivity index (χ4n) is 1.57. The van der Waals surface area contributed by atoms with Gasteiger partial charge in [-0.2, -0.15) is 0 Å². The van der Waals surface area contributed by atoms with Crippen molar-refractivity contribution in [2.75, 3.05) is 0 Å². The molecule has 3 rings (SSSR count). The molecule has 0 spiro atoms. The number of hydrogen-bond donors (Lipinski definition) is 1. The number of aromatic nitrogens is 1. The van der Waals surface area contributed by atoms with Gasteiger partial charge in [0.15, 0.2) is 11.3 Å². The van der Waals surface area contributed by atoms with Gasteiger partial charge in [-0.1, -0.05) is 0 Å². The van der Waals surface area contributed by atoms with Crippen LogP contribution in [0, 0.1) is 0 Å². The van der Waals surface area contributed by atoms with Gasteiger partial charge in [-0.3, -0.25) is 0 Å². The summed E-state index contributed by atoms with van der Waals surface area (Å²) < 4.78 is 10.6. The molecule has 0 amide bonds. The number of aromatic carboxylic acids is 1.